The van der Waals surface area contributed by atoms with Crippen LogP contribution >= 0.6 is 23.2 Å². The molecule has 5 rings (SSSR count). The number of benzene rings is 3. The molecule has 4 atom stereocenters. The van der Waals surface area contributed by atoms with E-state index in [1.807, 2.05) is 17.9 Å². The zero-order valence-electron chi connectivity index (χ0n) is 23.9. The number of hydrogen-bond donors (Lipinski definition) is 2. The minimum Gasteiger partial charge on any atom is -0.481 e. The van der Waals surface area contributed by atoms with Gasteiger partial charge < -0.3 is 19.7 Å². The number of carboxylic acids is 1. The largest absolute Gasteiger partial charge is 0.481 e. The second-order valence-electron chi connectivity index (χ2n) is 11.3. The zero-order chi connectivity index (χ0) is 30.2. The topological polar surface area (TPSA) is 79.2 Å². The molecular weight excluding hydrogens is 580 g/mol. The third-order valence-electron chi connectivity index (χ3n) is 9.13. The average Bonchev–Trinajstić information content (AvgIpc) is 3.33. The Balaban J connectivity index is 1.74. The summed E-state index contributed by atoms with van der Waals surface area (Å²) in [4.78, 5) is 14.4. The first-order valence-electron chi connectivity index (χ1n) is 14.3. The van der Waals surface area contributed by atoms with Gasteiger partial charge in [0.1, 0.15) is 5.82 Å². The second kappa shape index (κ2) is 12.2. The number of nitrogens with zero attached hydrogens (tertiary/aromatic N) is 1. The fraction of sp³-hybridized carbons (Fsp3) is 0.424. The van der Waals surface area contributed by atoms with Gasteiger partial charge in [-0.3, -0.25) is 9.69 Å². The van der Waals surface area contributed by atoms with Crippen LogP contribution in [-0.2, 0) is 32.1 Å². The molecule has 2 heterocycles. The Morgan fingerprint density at radius 3 is 2.26 bits per heavy atom. The van der Waals surface area contributed by atoms with E-state index in [0.29, 0.717) is 64.8 Å². The number of hydrogen-bond acceptors (Lipinski definition) is 5. The van der Waals surface area contributed by atoms with Crippen molar-refractivity contribution < 1.29 is 28.9 Å². The summed E-state index contributed by atoms with van der Waals surface area (Å²) in [6.07, 6.45) is 1.77. The highest BCUT2D eigenvalue weighted by Crippen LogP contribution is 2.53. The molecule has 2 aliphatic rings. The number of carbonyl (C=O) groups is 1. The summed E-state index contributed by atoms with van der Waals surface area (Å²) in [6, 6.07) is 16.5. The number of aliphatic carboxylic acids is 1. The number of fused-ring (bicyclic) bond motifs is 1. The van der Waals surface area contributed by atoms with Crippen LogP contribution < -0.4 is 0 Å². The lowest BCUT2D eigenvalue weighted by atomic mass is 9.74. The van der Waals surface area contributed by atoms with Gasteiger partial charge in [-0.2, -0.15) is 0 Å². The summed E-state index contributed by atoms with van der Waals surface area (Å²) in [5.41, 5.74) is -0.00950. The standard InChI is InChI=1S/C33H36Cl2FNO5/c1-4-32(40,23-13-15-42-16-14-23)25-17-22-19-37(30(20(2)31(38)39)21-5-9-26(34)10-6-21)33(41-3,29(22)28(36)18-25)24-7-11-27(35)12-8-24/h5-12,17-18,20,23,30,40H,4,13-16,19H2,1-3H3,(H,38,39)/t20-,30-,32-,33+/m0/s1. The van der Waals surface area contributed by atoms with Gasteiger partial charge in [-0.05, 0) is 72.2 Å². The van der Waals surface area contributed by atoms with Crippen molar-refractivity contribution in [1.29, 1.82) is 0 Å². The van der Waals surface area contributed by atoms with Gasteiger partial charge in [0, 0.05) is 48.0 Å². The summed E-state index contributed by atoms with van der Waals surface area (Å²) in [6.45, 7) is 4.82. The Labute approximate surface area is 256 Å². The number of carboxylic acid groups (broad SMARTS) is 1. The lowest BCUT2D eigenvalue weighted by molar-refractivity contribution is -0.156. The number of halogens is 3. The minimum atomic E-state index is -1.49. The van der Waals surface area contributed by atoms with Gasteiger partial charge in [-0.1, -0.05) is 67.4 Å². The first kappa shape index (κ1) is 30.9. The summed E-state index contributed by atoms with van der Waals surface area (Å²) < 4.78 is 28.5. The maximum Gasteiger partial charge on any atom is 0.308 e. The predicted octanol–water partition coefficient (Wildman–Crippen LogP) is 7.28. The van der Waals surface area contributed by atoms with Crippen LogP contribution in [0, 0.1) is 17.7 Å². The van der Waals surface area contributed by atoms with Crippen LogP contribution in [0.5, 0.6) is 0 Å². The van der Waals surface area contributed by atoms with Crippen molar-refractivity contribution in [3.05, 3.63) is 104 Å². The van der Waals surface area contributed by atoms with E-state index in [4.69, 9.17) is 32.7 Å². The van der Waals surface area contributed by atoms with Crippen LogP contribution in [0.2, 0.25) is 10.0 Å². The van der Waals surface area contributed by atoms with Gasteiger partial charge in [0.15, 0.2) is 5.72 Å². The highest BCUT2D eigenvalue weighted by Gasteiger charge is 2.54. The van der Waals surface area contributed by atoms with Gasteiger partial charge in [-0.25, -0.2) is 4.39 Å². The quantitative estimate of drug-likeness (QED) is 0.263. The summed E-state index contributed by atoms with van der Waals surface area (Å²) in [7, 11) is 1.50. The summed E-state index contributed by atoms with van der Waals surface area (Å²) in [5.74, 6) is -2.52. The normalized spacial score (nSPS) is 22.4. The summed E-state index contributed by atoms with van der Waals surface area (Å²) in [5, 5.41) is 23.2. The van der Waals surface area contributed by atoms with Gasteiger partial charge in [0.25, 0.3) is 0 Å². The van der Waals surface area contributed by atoms with Crippen LogP contribution in [-0.4, -0.2) is 41.4 Å². The molecule has 0 amide bonds. The number of rotatable bonds is 9. The maximum atomic E-state index is 16.7. The van der Waals surface area contributed by atoms with Crippen LogP contribution in [0.1, 0.15) is 67.0 Å². The van der Waals surface area contributed by atoms with E-state index < -0.39 is 35.1 Å². The summed E-state index contributed by atoms with van der Waals surface area (Å²) >= 11 is 12.4. The van der Waals surface area contributed by atoms with Crippen molar-refractivity contribution in [1.82, 2.24) is 4.90 Å². The van der Waals surface area contributed by atoms with Crippen molar-refractivity contribution in [3.8, 4) is 0 Å². The molecular formula is C33H36Cl2FNO5. The van der Waals surface area contributed by atoms with Gasteiger partial charge in [0.2, 0.25) is 0 Å². The molecule has 0 aliphatic carbocycles. The average molecular weight is 617 g/mol. The Bertz CT molecular complexity index is 1430. The molecule has 1 saturated heterocycles. The molecule has 42 heavy (non-hydrogen) atoms. The van der Waals surface area contributed by atoms with E-state index in [1.165, 1.54) is 13.2 Å². The van der Waals surface area contributed by atoms with Crippen LogP contribution in [0.3, 0.4) is 0 Å². The molecule has 9 heteroatoms. The Hall–Kier alpha value is -2.52. The number of aliphatic hydroxyl groups is 1. The molecule has 0 bridgehead atoms. The molecule has 2 aliphatic heterocycles. The van der Waals surface area contributed by atoms with Crippen molar-refractivity contribution in [2.45, 2.75) is 57.0 Å². The van der Waals surface area contributed by atoms with Gasteiger partial charge in [0.05, 0.1) is 17.6 Å². The molecule has 0 unspecified atom stereocenters. The van der Waals surface area contributed by atoms with Crippen molar-refractivity contribution in [2.24, 2.45) is 11.8 Å². The second-order valence-corrected chi connectivity index (χ2v) is 12.1. The van der Waals surface area contributed by atoms with Gasteiger partial charge >= 0.3 is 5.97 Å². The molecule has 3 aromatic carbocycles. The van der Waals surface area contributed by atoms with Gasteiger partial charge in [-0.15, -0.1) is 0 Å². The van der Waals surface area contributed by atoms with E-state index in [1.54, 1.807) is 55.5 Å². The van der Waals surface area contributed by atoms with E-state index >= 15 is 4.39 Å². The number of ether oxygens (including phenoxy) is 2. The molecule has 1 fully saturated rings. The predicted molar refractivity (Wildman–Crippen MR) is 160 cm³/mol. The van der Waals surface area contributed by atoms with Crippen LogP contribution in [0.15, 0.2) is 60.7 Å². The molecule has 3 aromatic rings. The van der Waals surface area contributed by atoms with E-state index in [-0.39, 0.29) is 18.0 Å². The number of methoxy groups -OCH3 is 1. The van der Waals surface area contributed by atoms with Crippen molar-refractivity contribution in [2.75, 3.05) is 20.3 Å². The first-order chi connectivity index (χ1) is 20.1. The SMILES string of the molecule is CC[C@@](O)(c1cc(F)c2c(c1)CN([C@H](c1ccc(Cl)cc1)[C@H](C)C(=O)O)[C@@]2(OC)c1ccc(Cl)cc1)C1CCOCC1. The first-order valence-corrected chi connectivity index (χ1v) is 15.0. The fourth-order valence-corrected chi connectivity index (χ4v) is 7.16. The van der Waals surface area contributed by atoms with Crippen molar-refractivity contribution in [3.63, 3.8) is 0 Å². The zero-order valence-corrected chi connectivity index (χ0v) is 25.5. The third-order valence-corrected chi connectivity index (χ3v) is 9.64. The molecule has 224 valence electrons. The van der Waals surface area contributed by atoms with E-state index in [2.05, 4.69) is 0 Å². The Morgan fingerprint density at radius 1 is 1.12 bits per heavy atom. The molecule has 0 spiro atoms. The Morgan fingerprint density at radius 2 is 1.71 bits per heavy atom. The highest BCUT2D eigenvalue weighted by atomic mass is 35.5. The molecule has 6 nitrogen and oxygen atoms in total. The lowest BCUT2D eigenvalue weighted by Crippen LogP contribution is -2.48. The van der Waals surface area contributed by atoms with E-state index in [9.17, 15) is 15.0 Å². The van der Waals surface area contributed by atoms with E-state index in [0.717, 1.165) is 0 Å². The molecule has 0 radical (unpaired) electrons. The highest BCUT2D eigenvalue weighted by molar-refractivity contribution is 6.30. The lowest BCUT2D eigenvalue weighted by Gasteiger charge is -2.44. The van der Waals surface area contributed by atoms with Crippen LogP contribution in [0.25, 0.3) is 0 Å². The molecule has 0 aromatic heterocycles. The fourth-order valence-electron chi connectivity index (χ4n) is 6.91. The van der Waals surface area contributed by atoms with Crippen LogP contribution in [0.4, 0.5) is 4.39 Å². The van der Waals surface area contributed by atoms with Crippen molar-refractivity contribution >= 4 is 29.2 Å². The molecule has 2 N–H and O–H groups in total. The Kier molecular flexibility index (Phi) is 9.00. The third kappa shape index (κ3) is 5.25. The monoisotopic (exact) mass is 615 g/mol. The molecule has 0 saturated carbocycles. The maximum absolute atomic E-state index is 16.7. The smallest absolute Gasteiger partial charge is 0.308 e. The minimum absolute atomic E-state index is 0.0801.